The molecule has 1 heterocycles. The van der Waals surface area contributed by atoms with Gasteiger partial charge in [0.1, 0.15) is 5.60 Å². The molecule has 0 fully saturated rings. The third kappa shape index (κ3) is 4.03. The molecule has 0 radical (unpaired) electrons. The van der Waals surface area contributed by atoms with Gasteiger partial charge in [-0.2, -0.15) is 9.78 Å². The monoisotopic (exact) mass is 404 g/mol. The second kappa shape index (κ2) is 6.60. The highest BCUT2D eigenvalue weighted by atomic mass is 79.9. The lowest BCUT2D eigenvalue weighted by molar-refractivity contribution is 0.0511. The van der Waals surface area contributed by atoms with Crippen LogP contribution in [0.3, 0.4) is 0 Å². The van der Waals surface area contributed by atoms with Gasteiger partial charge in [0.2, 0.25) is 0 Å². The molecule has 0 aliphatic rings. The van der Waals surface area contributed by atoms with E-state index in [0.29, 0.717) is 32.3 Å². The molecule has 0 unspecified atom stereocenters. The fraction of sp³-hybridized carbons (Fsp3) is 0.333. The number of benzene rings is 1. The molecule has 2 rings (SSSR count). The second-order valence-corrected chi connectivity index (χ2v) is 7.08. The smallest absolute Gasteiger partial charge is 0.435 e. The number of hydrogen-bond acceptors (Lipinski definition) is 3. The van der Waals surface area contributed by atoms with Gasteiger partial charge in [-0.3, -0.25) is 0 Å². The minimum Gasteiger partial charge on any atom is -0.442 e. The van der Waals surface area contributed by atoms with E-state index in [9.17, 15) is 4.79 Å². The van der Waals surface area contributed by atoms with Crippen molar-refractivity contribution in [1.82, 2.24) is 9.78 Å². The molecule has 0 bridgehead atoms. The Labute approximate surface area is 147 Å². The van der Waals surface area contributed by atoms with Crippen LogP contribution in [0.2, 0.25) is 10.0 Å². The Morgan fingerprint density at radius 1 is 1.32 bits per heavy atom. The van der Waals surface area contributed by atoms with E-state index < -0.39 is 11.7 Å². The molecule has 1 aromatic heterocycles. The summed E-state index contributed by atoms with van der Waals surface area (Å²) >= 11 is 15.5. The lowest BCUT2D eigenvalue weighted by atomic mass is 10.1. The van der Waals surface area contributed by atoms with Crippen LogP contribution in [-0.2, 0) is 10.1 Å². The van der Waals surface area contributed by atoms with Gasteiger partial charge in [-0.15, -0.1) is 0 Å². The topological polar surface area (TPSA) is 44.1 Å². The Morgan fingerprint density at radius 3 is 2.59 bits per heavy atom. The van der Waals surface area contributed by atoms with Crippen molar-refractivity contribution in [2.75, 3.05) is 0 Å². The number of ether oxygens (including phenoxy) is 1. The SMILES string of the molecule is CC(C)(C)OC(=O)n1nc(-c2cc(Cl)ccc2Cl)cc1CBr. The van der Waals surface area contributed by atoms with Gasteiger partial charge in [0.05, 0.1) is 16.4 Å². The number of nitrogens with zero attached hydrogens (tertiary/aromatic N) is 2. The van der Waals surface area contributed by atoms with Gasteiger partial charge >= 0.3 is 6.09 Å². The first-order valence-electron chi connectivity index (χ1n) is 6.55. The maximum Gasteiger partial charge on any atom is 0.435 e. The zero-order chi connectivity index (χ0) is 16.5. The zero-order valence-electron chi connectivity index (χ0n) is 12.4. The van der Waals surface area contributed by atoms with Crippen LogP contribution in [0.15, 0.2) is 24.3 Å². The van der Waals surface area contributed by atoms with E-state index in [1.807, 2.05) is 0 Å². The summed E-state index contributed by atoms with van der Waals surface area (Å²) in [6, 6.07) is 6.88. The van der Waals surface area contributed by atoms with Crippen LogP contribution in [0.25, 0.3) is 11.3 Å². The van der Waals surface area contributed by atoms with Gasteiger partial charge in [0, 0.05) is 15.9 Å². The van der Waals surface area contributed by atoms with Crippen molar-refractivity contribution in [1.29, 1.82) is 0 Å². The molecular formula is C15H15BrCl2N2O2. The molecule has 4 nitrogen and oxygen atoms in total. The van der Waals surface area contributed by atoms with Crippen molar-refractivity contribution in [3.63, 3.8) is 0 Å². The number of carbonyl (C=O) groups excluding carboxylic acids is 1. The highest BCUT2D eigenvalue weighted by molar-refractivity contribution is 9.08. The van der Waals surface area contributed by atoms with Crippen LogP contribution < -0.4 is 0 Å². The standard InChI is InChI=1S/C15H15BrCl2N2O2/c1-15(2,3)22-14(21)20-10(8-16)7-13(19-20)11-6-9(17)4-5-12(11)18/h4-7H,8H2,1-3H3. The average molecular weight is 406 g/mol. The molecule has 0 atom stereocenters. The molecule has 2 aromatic rings. The average Bonchev–Trinajstić information content (AvgIpc) is 2.83. The molecule has 0 spiro atoms. The number of rotatable bonds is 2. The lowest BCUT2D eigenvalue weighted by Crippen LogP contribution is -2.28. The number of halogens is 3. The molecule has 0 saturated carbocycles. The first kappa shape index (κ1) is 17.3. The van der Waals surface area contributed by atoms with E-state index in [4.69, 9.17) is 27.9 Å². The normalized spacial score (nSPS) is 11.5. The quantitative estimate of drug-likeness (QED) is 0.616. The number of aromatic nitrogens is 2. The lowest BCUT2D eigenvalue weighted by Gasteiger charge is -2.19. The van der Waals surface area contributed by atoms with Gasteiger partial charge in [0.15, 0.2) is 0 Å². The summed E-state index contributed by atoms with van der Waals surface area (Å²) < 4.78 is 6.58. The van der Waals surface area contributed by atoms with Crippen LogP contribution in [0, 0.1) is 0 Å². The van der Waals surface area contributed by atoms with E-state index in [-0.39, 0.29) is 0 Å². The maximum absolute atomic E-state index is 12.2. The summed E-state index contributed by atoms with van der Waals surface area (Å²) in [5.41, 5.74) is 1.30. The molecule has 0 amide bonds. The fourth-order valence-electron chi connectivity index (χ4n) is 1.80. The Balaban J connectivity index is 2.45. The third-order valence-corrected chi connectivity index (χ3v) is 3.83. The van der Waals surface area contributed by atoms with Gasteiger partial charge < -0.3 is 4.74 Å². The summed E-state index contributed by atoms with van der Waals surface area (Å²) in [4.78, 5) is 12.2. The predicted molar refractivity (Wildman–Crippen MR) is 91.9 cm³/mol. The summed E-state index contributed by atoms with van der Waals surface area (Å²) in [5.74, 6) is 0. The van der Waals surface area contributed by atoms with E-state index in [2.05, 4.69) is 21.0 Å². The molecule has 7 heteroatoms. The summed E-state index contributed by atoms with van der Waals surface area (Å²) in [5, 5.41) is 5.82. The zero-order valence-corrected chi connectivity index (χ0v) is 15.5. The highest BCUT2D eigenvalue weighted by Crippen LogP contribution is 2.30. The Morgan fingerprint density at radius 2 is 2.00 bits per heavy atom. The minimum atomic E-state index is -0.597. The minimum absolute atomic E-state index is 0.456. The first-order chi connectivity index (χ1) is 10.2. The largest absolute Gasteiger partial charge is 0.442 e. The number of carbonyl (C=O) groups is 1. The van der Waals surface area contributed by atoms with Crippen molar-refractivity contribution in [2.45, 2.75) is 31.7 Å². The fourth-order valence-corrected chi connectivity index (χ4v) is 2.59. The molecule has 0 aliphatic carbocycles. The van der Waals surface area contributed by atoms with Gasteiger partial charge in [0.25, 0.3) is 0 Å². The predicted octanol–water partition coefficient (Wildman–Crippen LogP) is 5.54. The van der Waals surface area contributed by atoms with E-state index in [1.54, 1.807) is 45.0 Å². The van der Waals surface area contributed by atoms with Gasteiger partial charge in [-0.05, 0) is 45.0 Å². The second-order valence-electron chi connectivity index (χ2n) is 5.67. The molecule has 1 aromatic carbocycles. The van der Waals surface area contributed by atoms with Gasteiger partial charge in [-0.1, -0.05) is 39.1 Å². The summed E-state index contributed by atoms with van der Waals surface area (Å²) in [6.07, 6.45) is -0.536. The number of hydrogen-bond donors (Lipinski definition) is 0. The maximum atomic E-state index is 12.2. The summed E-state index contributed by atoms with van der Waals surface area (Å²) in [7, 11) is 0. The summed E-state index contributed by atoms with van der Waals surface area (Å²) in [6.45, 7) is 5.41. The molecule has 0 saturated heterocycles. The molecule has 0 N–H and O–H groups in total. The molecular weight excluding hydrogens is 391 g/mol. The molecule has 118 valence electrons. The van der Waals surface area contributed by atoms with E-state index in [0.717, 1.165) is 0 Å². The van der Waals surface area contributed by atoms with E-state index in [1.165, 1.54) is 4.68 Å². The van der Waals surface area contributed by atoms with Crippen molar-refractivity contribution in [3.05, 3.63) is 40.0 Å². The van der Waals surface area contributed by atoms with Crippen LogP contribution in [0.1, 0.15) is 26.5 Å². The number of alkyl halides is 1. The van der Waals surface area contributed by atoms with Crippen LogP contribution in [-0.4, -0.2) is 21.5 Å². The first-order valence-corrected chi connectivity index (χ1v) is 8.42. The van der Waals surface area contributed by atoms with Crippen LogP contribution in [0.4, 0.5) is 4.79 Å². The molecule has 22 heavy (non-hydrogen) atoms. The Bertz CT molecular complexity index is 708. The van der Waals surface area contributed by atoms with Crippen molar-refractivity contribution >= 4 is 45.2 Å². The Kier molecular flexibility index (Phi) is 5.20. The van der Waals surface area contributed by atoms with Crippen LogP contribution >= 0.6 is 39.1 Å². The molecule has 0 aliphatic heterocycles. The van der Waals surface area contributed by atoms with Crippen molar-refractivity contribution in [2.24, 2.45) is 0 Å². The third-order valence-electron chi connectivity index (χ3n) is 2.69. The van der Waals surface area contributed by atoms with Gasteiger partial charge in [-0.25, -0.2) is 4.79 Å². The van der Waals surface area contributed by atoms with Crippen molar-refractivity contribution in [3.8, 4) is 11.3 Å². The van der Waals surface area contributed by atoms with E-state index >= 15 is 0 Å². The Hall–Kier alpha value is -1.04. The highest BCUT2D eigenvalue weighted by Gasteiger charge is 2.22. The van der Waals surface area contributed by atoms with Crippen LogP contribution in [0.5, 0.6) is 0 Å². The van der Waals surface area contributed by atoms with Crippen molar-refractivity contribution < 1.29 is 9.53 Å².